The topological polar surface area (TPSA) is 53.9 Å². The van der Waals surface area contributed by atoms with Gasteiger partial charge in [-0.1, -0.05) is 6.42 Å². The molecule has 0 aromatic carbocycles. The Labute approximate surface area is 85.4 Å². The third kappa shape index (κ3) is 5.19. The zero-order chi connectivity index (χ0) is 10.1. The maximum atomic E-state index is 8.48. The molecule has 0 atom stereocenters. The average Bonchev–Trinajstić information content (AvgIpc) is 2.46. The fourth-order valence-corrected chi connectivity index (χ4v) is 1.45. The first kappa shape index (κ1) is 11.5. The van der Waals surface area contributed by atoms with E-state index in [9.17, 15) is 0 Å². The first-order chi connectivity index (χ1) is 6.93. The number of aliphatic hydroxyl groups excluding tert-OH is 1. The molecule has 0 radical (unpaired) electrons. The number of hydrogen-bond acceptors (Lipinski definition) is 4. The van der Waals surface area contributed by atoms with Crippen LogP contribution in [0.1, 0.15) is 25.7 Å². The minimum absolute atomic E-state index is 0.0982. The predicted molar refractivity (Wildman–Crippen MR) is 56.7 cm³/mol. The summed E-state index contributed by atoms with van der Waals surface area (Å²) >= 11 is 0. The molecule has 0 unspecified atom stereocenters. The van der Waals surface area contributed by atoms with Crippen molar-refractivity contribution < 1.29 is 9.84 Å². The number of nitrogens with zero attached hydrogens (tertiary/aromatic N) is 1. The fourth-order valence-electron chi connectivity index (χ4n) is 1.45. The SMILES string of the molecule is OCCOCCNC1=NCCCCC1. The molecule has 0 aromatic heterocycles. The summed E-state index contributed by atoms with van der Waals surface area (Å²) in [5.41, 5.74) is 0. The van der Waals surface area contributed by atoms with Crippen LogP contribution in [-0.2, 0) is 4.74 Å². The summed E-state index contributed by atoms with van der Waals surface area (Å²) in [5, 5.41) is 11.7. The van der Waals surface area contributed by atoms with E-state index in [0.717, 1.165) is 25.3 Å². The summed E-state index contributed by atoms with van der Waals surface area (Å²) < 4.78 is 5.14. The van der Waals surface area contributed by atoms with Gasteiger partial charge in [0.25, 0.3) is 0 Å². The van der Waals surface area contributed by atoms with E-state index in [1.165, 1.54) is 19.3 Å². The highest BCUT2D eigenvalue weighted by atomic mass is 16.5. The van der Waals surface area contributed by atoms with Crippen LogP contribution in [0.4, 0.5) is 0 Å². The van der Waals surface area contributed by atoms with Gasteiger partial charge in [-0.2, -0.15) is 0 Å². The number of ether oxygens (including phenoxy) is 1. The van der Waals surface area contributed by atoms with E-state index in [4.69, 9.17) is 9.84 Å². The van der Waals surface area contributed by atoms with Gasteiger partial charge >= 0.3 is 0 Å². The van der Waals surface area contributed by atoms with Crippen molar-refractivity contribution in [1.82, 2.24) is 5.32 Å². The molecule has 82 valence electrons. The van der Waals surface area contributed by atoms with E-state index in [1.807, 2.05) is 0 Å². The molecule has 4 heteroatoms. The monoisotopic (exact) mass is 200 g/mol. The highest BCUT2D eigenvalue weighted by molar-refractivity contribution is 5.82. The van der Waals surface area contributed by atoms with Crippen LogP contribution in [0, 0.1) is 0 Å². The molecule has 0 saturated heterocycles. The summed E-state index contributed by atoms with van der Waals surface area (Å²) in [7, 11) is 0. The van der Waals surface area contributed by atoms with Gasteiger partial charge in [0.1, 0.15) is 0 Å². The lowest BCUT2D eigenvalue weighted by Crippen LogP contribution is -2.27. The molecule has 1 aliphatic heterocycles. The van der Waals surface area contributed by atoms with E-state index >= 15 is 0 Å². The summed E-state index contributed by atoms with van der Waals surface area (Å²) in [6, 6.07) is 0. The highest BCUT2D eigenvalue weighted by Gasteiger charge is 2.02. The van der Waals surface area contributed by atoms with Gasteiger partial charge in [-0.3, -0.25) is 4.99 Å². The van der Waals surface area contributed by atoms with E-state index in [0.29, 0.717) is 13.2 Å². The van der Waals surface area contributed by atoms with Crippen LogP contribution in [0.5, 0.6) is 0 Å². The Morgan fingerprint density at radius 1 is 1.29 bits per heavy atom. The molecule has 1 heterocycles. The molecule has 0 fully saturated rings. The van der Waals surface area contributed by atoms with Crippen LogP contribution in [0.25, 0.3) is 0 Å². The second-order valence-electron chi connectivity index (χ2n) is 3.40. The van der Waals surface area contributed by atoms with Gasteiger partial charge in [0.05, 0.1) is 25.7 Å². The summed E-state index contributed by atoms with van der Waals surface area (Å²) in [6.07, 6.45) is 4.81. The summed E-state index contributed by atoms with van der Waals surface area (Å²) in [6.45, 7) is 2.91. The van der Waals surface area contributed by atoms with Crippen LogP contribution in [0.15, 0.2) is 4.99 Å². The molecule has 2 N–H and O–H groups in total. The molecular formula is C10H20N2O2. The van der Waals surface area contributed by atoms with Crippen molar-refractivity contribution in [2.45, 2.75) is 25.7 Å². The lowest BCUT2D eigenvalue weighted by Gasteiger charge is -2.08. The standard InChI is InChI=1S/C10H20N2O2/c13-7-9-14-8-6-12-10-4-2-1-3-5-11-10/h13H,1-9H2,(H,11,12). The van der Waals surface area contributed by atoms with Crippen LogP contribution < -0.4 is 5.32 Å². The van der Waals surface area contributed by atoms with Crippen LogP contribution in [0.3, 0.4) is 0 Å². The molecule has 1 rings (SSSR count). The Balaban J connectivity index is 2.01. The first-order valence-corrected chi connectivity index (χ1v) is 5.39. The Morgan fingerprint density at radius 3 is 3.07 bits per heavy atom. The van der Waals surface area contributed by atoms with Gasteiger partial charge < -0.3 is 15.2 Å². The molecule has 0 aliphatic carbocycles. The van der Waals surface area contributed by atoms with Crippen LogP contribution in [0.2, 0.25) is 0 Å². The van der Waals surface area contributed by atoms with E-state index < -0.39 is 0 Å². The van der Waals surface area contributed by atoms with E-state index in [2.05, 4.69) is 10.3 Å². The Hall–Kier alpha value is -0.610. The molecular weight excluding hydrogens is 180 g/mol. The minimum atomic E-state index is 0.0982. The predicted octanol–water partition coefficient (Wildman–Crippen LogP) is 0.557. The van der Waals surface area contributed by atoms with Gasteiger partial charge in [0.15, 0.2) is 0 Å². The number of rotatable bonds is 5. The lowest BCUT2D eigenvalue weighted by molar-refractivity contribution is 0.0958. The maximum absolute atomic E-state index is 8.48. The average molecular weight is 200 g/mol. The number of aliphatic imine (C=N–C) groups is 1. The van der Waals surface area contributed by atoms with Crippen molar-refractivity contribution in [3.8, 4) is 0 Å². The van der Waals surface area contributed by atoms with Crippen molar-refractivity contribution >= 4 is 5.84 Å². The van der Waals surface area contributed by atoms with E-state index in [-0.39, 0.29) is 6.61 Å². The molecule has 0 amide bonds. The normalized spacial score (nSPS) is 17.4. The first-order valence-electron chi connectivity index (χ1n) is 5.39. The van der Waals surface area contributed by atoms with Gasteiger partial charge in [-0.05, 0) is 12.8 Å². The Bertz CT molecular complexity index is 172. The number of hydrogen-bond donors (Lipinski definition) is 2. The zero-order valence-corrected chi connectivity index (χ0v) is 8.67. The Morgan fingerprint density at radius 2 is 2.21 bits per heavy atom. The van der Waals surface area contributed by atoms with Crippen LogP contribution >= 0.6 is 0 Å². The van der Waals surface area contributed by atoms with Crippen molar-refractivity contribution in [2.24, 2.45) is 4.99 Å². The highest BCUT2D eigenvalue weighted by Crippen LogP contribution is 2.05. The lowest BCUT2D eigenvalue weighted by atomic mass is 10.2. The second-order valence-corrected chi connectivity index (χ2v) is 3.40. The molecule has 1 aliphatic rings. The van der Waals surface area contributed by atoms with Crippen molar-refractivity contribution in [3.63, 3.8) is 0 Å². The summed E-state index contributed by atoms with van der Waals surface area (Å²) in [4.78, 5) is 4.44. The molecule has 0 aromatic rings. The number of amidine groups is 1. The van der Waals surface area contributed by atoms with Gasteiger partial charge in [-0.15, -0.1) is 0 Å². The van der Waals surface area contributed by atoms with E-state index in [1.54, 1.807) is 0 Å². The summed E-state index contributed by atoms with van der Waals surface area (Å²) in [5.74, 6) is 1.12. The van der Waals surface area contributed by atoms with Crippen molar-refractivity contribution in [2.75, 3.05) is 32.9 Å². The number of nitrogens with one attached hydrogen (secondary N) is 1. The maximum Gasteiger partial charge on any atom is 0.0963 e. The van der Waals surface area contributed by atoms with Gasteiger partial charge in [0.2, 0.25) is 0 Å². The van der Waals surface area contributed by atoms with Gasteiger partial charge in [0, 0.05) is 19.5 Å². The molecule has 4 nitrogen and oxygen atoms in total. The molecule has 0 spiro atoms. The molecule has 0 bridgehead atoms. The smallest absolute Gasteiger partial charge is 0.0963 e. The number of aliphatic hydroxyl groups is 1. The zero-order valence-electron chi connectivity index (χ0n) is 8.67. The fraction of sp³-hybridized carbons (Fsp3) is 0.900. The third-order valence-electron chi connectivity index (χ3n) is 2.19. The minimum Gasteiger partial charge on any atom is -0.394 e. The third-order valence-corrected chi connectivity index (χ3v) is 2.19. The Kier molecular flexibility index (Phi) is 6.36. The van der Waals surface area contributed by atoms with Crippen LogP contribution in [-0.4, -0.2) is 43.9 Å². The largest absolute Gasteiger partial charge is 0.394 e. The second kappa shape index (κ2) is 7.76. The quantitative estimate of drug-likeness (QED) is 0.637. The van der Waals surface area contributed by atoms with Crippen molar-refractivity contribution in [1.29, 1.82) is 0 Å². The molecule has 0 saturated carbocycles. The van der Waals surface area contributed by atoms with Crippen molar-refractivity contribution in [3.05, 3.63) is 0 Å². The molecule has 14 heavy (non-hydrogen) atoms. The van der Waals surface area contributed by atoms with Gasteiger partial charge in [-0.25, -0.2) is 0 Å².